The largest absolute Gasteiger partial charge is 0.316 e. The Bertz CT molecular complexity index is 263. The molecule has 0 fully saturated rings. The Kier molecular flexibility index (Phi) is 3.97. The maximum Gasteiger partial charge on any atom is 0.0471 e. The van der Waals surface area contributed by atoms with Crippen molar-refractivity contribution in [3.05, 3.63) is 32.9 Å². The van der Waals surface area contributed by atoms with Crippen LogP contribution in [0.4, 0.5) is 0 Å². The summed E-state index contributed by atoms with van der Waals surface area (Å²) in [5.41, 5.74) is 4.69. The van der Waals surface area contributed by atoms with E-state index in [4.69, 9.17) is 5.21 Å². The number of hydrogen-bond donors (Lipinski definition) is 2. The third kappa shape index (κ3) is 2.18. The van der Waals surface area contributed by atoms with Crippen LogP contribution in [0.15, 0.2) is 18.2 Å². The first-order valence-electron chi connectivity index (χ1n) is 3.92. The number of hydrogen-bond acceptors (Lipinski definition) is 2. The SMILES string of the molecule is CCc1cccc(I)c1CNO. The van der Waals surface area contributed by atoms with Crippen LogP contribution < -0.4 is 5.48 Å². The van der Waals surface area contributed by atoms with Gasteiger partial charge in [-0.2, -0.15) is 0 Å². The lowest BCUT2D eigenvalue weighted by molar-refractivity contribution is 0.161. The molecule has 0 bridgehead atoms. The molecule has 0 aliphatic heterocycles. The first-order chi connectivity index (χ1) is 5.79. The first kappa shape index (κ1) is 9.95. The quantitative estimate of drug-likeness (QED) is 0.656. The van der Waals surface area contributed by atoms with Crippen molar-refractivity contribution in [2.45, 2.75) is 19.9 Å². The highest BCUT2D eigenvalue weighted by Gasteiger charge is 2.03. The molecule has 0 aliphatic rings. The van der Waals surface area contributed by atoms with Crippen molar-refractivity contribution in [1.82, 2.24) is 5.48 Å². The van der Waals surface area contributed by atoms with E-state index in [1.165, 1.54) is 14.7 Å². The lowest BCUT2D eigenvalue weighted by Crippen LogP contribution is -2.09. The molecule has 2 N–H and O–H groups in total. The third-order valence-electron chi connectivity index (χ3n) is 1.85. The molecule has 1 aromatic carbocycles. The normalized spacial score (nSPS) is 10.2. The fourth-order valence-corrected chi connectivity index (χ4v) is 1.96. The lowest BCUT2D eigenvalue weighted by Gasteiger charge is -2.08. The molecule has 0 heterocycles. The van der Waals surface area contributed by atoms with Gasteiger partial charge in [0.25, 0.3) is 0 Å². The molecule has 0 radical (unpaired) electrons. The Morgan fingerprint density at radius 2 is 2.25 bits per heavy atom. The van der Waals surface area contributed by atoms with Crippen molar-refractivity contribution >= 4 is 22.6 Å². The minimum atomic E-state index is 0.530. The molecule has 0 saturated heterocycles. The summed E-state index contributed by atoms with van der Waals surface area (Å²) in [6.45, 7) is 2.65. The van der Waals surface area contributed by atoms with Crippen LogP contribution in [0.3, 0.4) is 0 Å². The van der Waals surface area contributed by atoms with Gasteiger partial charge in [0.05, 0.1) is 0 Å². The van der Waals surface area contributed by atoms with Crippen molar-refractivity contribution < 1.29 is 5.21 Å². The number of hydroxylamine groups is 1. The van der Waals surface area contributed by atoms with Crippen LogP contribution in [0.1, 0.15) is 18.1 Å². The molecule has 0 unspecified atom stereocenters. The smallest absolute Gasteiger partial charge is 0.0471 e. The van der Waals surface area contributed by atoms with Gasteiger partial charge in [-0.05, 0) is 46.2 Å². The van der Waals surface area contributed by atoms with Crippen molar-refractivity contribution in [2.75, 3.05) is 0 Å². The van der Waals surface area contributed by atoms with E-state index in [9.17, 15) is 0 Å². The van der Waals surface area contributed by atoms with E-state index < -0.39 is 0 Å². The highest BCUT2D eigenvalue weighted by atomic mass is 127. The molecule has 0 spiro atoms. The molecule has 3 heteroatoms. The Morgan fingerprint density at radius 1 is 1.50 bits per heavy atom. The summed E-state index contributed by atoms with van der Waals surface area (Å²) in [6, 6.07) is 6.18. The molecular formula is C9H12INO. The van der Waals surface area contributed by atoms with Gasteiger partial charge in [0.2, 0.25) is 0 Å². The molecule has 1 aromatic rings. The number of benzene rings is 1. The van der Waals surface area contributed by atoms with Gasteiger partial charge >= 0.3 is 0 Å². The summed E-state index contributed by atoms with van der Waals surface area (Å²) in [5.74, 6) is 0. The standard InChI is InChI=1S/C9H12INO/c1-2-7-4-3-5-9(10)8(7)6-11-12/h3-5,11-12H,2,6H2,1H3. The molecule has 0 saturated carbocycles. The Labute approximate surface area is 86.1 Å². The van der Waals surface area contributed by atoms with Crippen molar-refractivity contribution in [3.63, 3.8) is 0 Å². The van der Waals surface area contributed by atoms with Crippen LogP contribution in [0.25, 0.3) is 0 Å². The van der Waals surface area contributed by atoms with Crippen LogP contribution in [-0.2, 0) is 13.0 Å². The summed E-state index contributed by atoms with van der Waals surface area (Å²) in [4.78, 5) is 0. The van der Waals surface area contributed by atoms with E-state index in [1.807, 2.05) is 12.1 Å². The topological polar surface area (TPSA) is 32.3 Å². The highest BCUT2D eigenvalue weighted by Crippen LogP contribution is 2.17. The maximum atomic E-state index is 8.61. The third-order valence-corrected chi connectivity index (χ3v) is 2.86. The molecule has 0 aliphatic carbocycles. The van der Waals surface area contributed by atoms with Gasteiger partial charge in [-0.3, -0.25) is 0 Å². The molecule has 0 atom stereocenters. The summed E-state index contributed by atoms with van der Waals surface area (Å²) >= 11 is 2.28. The number of rotatable bonds is 3. The fraction of sp³-hybridized carbons (Fsp3) is 0.333. The van der Waals surface area contributed by atoms with Crippen LogP contribution in [0.5, 0.6) is 0 Å². The van der Waals surface area contributed by atoms with Gasteiger partial charge in [0, 0.05) is 10.1 Å². The summed E-state index contributed by atoms with van der Waals surface area (Å²) in [7, 11) is 0. The molecule has 66 valence electrons. The molecular weight excluding hydrogens is 265 g/mol. The minimum Gasteiger partial charge on any atom is -0.316 e. The predicted molar refractivity (Wildman–Crippen MR) is 57.2 cm³/mol. The second-order valence-corrected chi connectivity index (χ2v) is 3.73. The minimum absolute atomic E-state index is 0.530. The second-order valence-electron chi connectivity index (χ2n) is 2.57. The monoisotopic (exact) mass is 277 g/mol. The van der Waals surface area contributed by atoms with E-state index in [0.717, 1.165) is 6.42 Å². The van der Waals surface area contributed by atoms with Crippen molar-refractivity contribution in [3.8, 4) is 0 Å². The number of halogens is 1. The highest BCUT2D eigenvalue weighted by molar-refractivity contribution is 14.1. The molecule has 0 aromatic heterocycles. The van der Waals surface area contributed by atoms with Crippen LogP contribution in [-0.4, -0.2) is 5.21 Å². The maximum absolute atomic E-state index is 8.61. The number of aryl methyl sites for hydroxylation is 1. The van der Waals surface area contributed by atoms with Crippen LogP contribution in [0.2, 0.25) is 0 Å². The van der Waals surface area contributed by atoms with Crippen molar-refractivity contribution in [1.29, 1.82) is 0 Å². The Balaban J connectivity index is 3.02. The zero-order valence-electron chi connectivity index (χ0n) is 6.97. The van der Waals surface area contributed by atoms with E-state index in [1.54, 1.807) is 0 Å². The zero-order valence-corrected chi connectivity index (χ0v) is 9.13. The van der Waals surface area contributed by atoms with E-state index in [0.29, 0.717) is 6.54 Å². The van der Waals surface area contributed by atoms with Crippen LogP contribution in [0, 0.1) is 3.57 Å². The molecule has 12 heavy (non-hydrogen) atoms. The Hall–Kier alpha value is -0.130. The van der Waals surface area contributed by atoms with Crippen molar-refractivity contribution in [2.24, 2.45) is 0 Å². The van der Waals surface area contributed by atoms with E-state index in [2.05, 4.69) is 41.1 Å². The lowest BCUT2D eigenvalue weighted by atomic mass is 10.1. The molecule has 1 rings (SSSR count). The van der Waals surface area contributed by atoms with Gasteiger partial charge in [-0.25, -0.2) is 5.48 Å². The predicted octanol–water partition coefficient (Wildman–Crippen LogP) is 2.33. The van der Waals surface area contributed by atoms with E-state index >= 15 is 0 Å². The summed E-state index contributed by atoms with van der Waals surface area (Å²) in [6.07, 6.45) is 1.01. The zero-order chi connectivity index (χ0) is 8.97. The van der Waals surface area contributed by atoms with E-state index in [-0.39, 0.29) is 0 Å². The summed E-state index contributed by atoms with van der Waals surface area (Å²) < 4.78 is 1.20. The van der Waals surface area contributed by atoms with Gasteiger partial charge in [0.1, 0.15) is 0 Å². The average Bonchev–Trinajstić information content (AvgIpc) is 2.09. The number of nitrogens with one attached hydrogen (secondary N) is 1. The van der Waals surface area contributed by atoms with Gasteiger partial charge in [0.15, 0.2) is 0 Å². The van der Waals surface area contributed by atoms with Gasteiger partial charge in [-0.1, -0.05) is 19.1 Å². The van der Waals surface area contributed by atoms with Gasteiger partial charge in [-0.15, -0.1) is 0 Å². The fourth-order valence-electron chi connectivity index (χ4n) is 1.21. The molecule has 0 amide bonds. The molecule has 2 nitrogen and oxygen atoms in total. The van der Waals surface area contributed by atoms with Crippen LogP contribution >= 0.6 is 22.6 Å². The Morgan fingerprint density at radius 3 is 2.83 bits per heavy atom. The second kappa shape index (κ2) is 4.79. The average molecular weight is 277 g/mol. The summed E-state index contributed by atoms with van der Waals surface area (Å²) in [5, 5.41) is 8.61. The first-order valence-corrected chi connectivity index (χ1v) is 5.00. The van der Waals surface area contributed by atoms with Gasteiger partial charge < -0.3 is 5.21 Å².